The molecule has 1 aromatic carbocycles. The molecule has 0 radical (unpaired) electrons. The smallest absolute Gasteiger partial charge is 0.387 e. The number of benzene rings is 1. The number of hydrogen-bond acceptors (Lipinski definition) is 11. The molecule has 0 amide bonds. The number of nitrogen functional groups attached to an aromatic ring is 1. The van der Waals surface area contributed by atoms with E-state index in [0.717, 1.165) is 31.2 Å². The monoisotopic (exact) mass is 774 g/mol. The van der Waals surface area contributed by atoms with E-state index in [1.165, 1.54) is 75.1 Å². The van der Waals surface area contributed by atoms with E-state index in [-0.39, 0.29) is 25.6 Å². The normalized spacial score (nSPS) is 22.0. The van der Waals surface area contributed by atoms with Gasteiger partial charge in [0.15, 0.2) is 5.82 Å². The summed E-state index contributed by atoms with van der Waals surface area (Å²) in [4.78, 5) is 14.5. The molecule has 0 saturated carbocycles. The van der Waals surface area contributed by atoms with Crippen molar-refractivity contribution in [1.82, 2.24) is 14.6 Å². The minimum absolute atomic E-state index is 0.173. The molecular weight excluding hydrogens is 711 g/mol. The molecule has 1 unspecified atom stereocenters. The van der Waals surface area contributed by atoms with Crippen LogP contribution in [0.4, 0.5) is 5.82 Å². The third-order valence-corrected chi connectivity index (χ3v) is 10.9. The molecule has 2 aromatic heterocycles. The maximum absolute atomic E-state index is 13.0. The van der Waals surface area contributed by atoms with Crippen molar-refractivity contribution in [2.75, 3.05) is 32.2 Å². The van der Waals surface area contributed by atoms with Gasteiger partial charge in [0.05, 0.1) is 32.1 Å². The standard InChI is InChI=1S/C40H63N4O9P/c1-3-4-5-6-7-8-9-10-11-12-13-14-15-16-17-21-26-49-28-33(50-27-32-22-19-18-20-23-32)29-51-54(47,48)52-30-35-37(45)38(46)40(2,53-35)36-25-24-34-39(41)42-31-43-44(34)36/h10-11,18-20,22-25,31,33,35,37-38,45-46H,3-9,12-17,21,26-30H2,1-2H3,(H,47,48)(H2,41,42,43)/b11-10+/t33-,35-,37-,38-,40+/m1/s1. The first-order valence-electron chi connectivity index (χ1n) is 19.8. The number of allylic oxidation sites excluding steroid dienone is 2. The van der Waals surface area contributed by atoms with Gasteiger partial charge in [0, 0.05) is 6.61 Å². The number of unbranched alkanes of at least 4 members (excludes halogenated alkanes) is 12. The Morgan fingerprint density at radius 3 is 2.30 bits per heavy atom. The fourth-order valence-electron chi connectivity index (χ4n) is 6.64. The summed E-state index contributed by atoms with van der Waals surface area (Å²) in [5.74, 6) is 0.237. The number of nitrogens with zero attached hydrogens (tertiary/aromatic N) is 3. The summed E-state index contributed by atoms with van der Waals surface area (Å²) in [6.45, 7) is 4.05. The zero-order chi connectivity index (χ0) is 38.7. The SMILES string of the molecule is CCCCCCCC/C=C/CCCCCCCCOC[C@H](COP(=O)(O)OC[C@H]1O[C@@](C)(c2ccc3c(N)ncnn23)[C@H](O)[C@@H]1O)OCc1ccccc1. The molecule has 3 heterocycles. The summed E-state index contributed by atoms with van der Waals surface area (Å²) in [6, 6.07) is 12.9. The summed E-state index contributed by atoms with van der Waals surface area (Å²) in [6.07, 6.45) is 18.6. The third kappa shape index (κ3) is 14.1. The molecule has 5 N–H and O–H groups in total. The molecule has 3 aromatic rings. The summed E-state index contributed by atoms with van der Waals surface area (Å²) in [5, 5.41) is 26.0. The molecule has 1 aliphatic heterocycles. The number of aromatic nitrogens is 3. The number of fused-ring (bicyclic) bond motifs is 1. The quantitative estimate of drug-likeness (QED) is 0.0326. The van der Waals surface area contributed by atoms with Crippen LogP contribution in [0.3, 0.4) is 0 Å². The van der Waals surface area contributed by atoms with Crippen LogP contribution in [0.1, 0.15) is 115 Å². The van der Waals surface area contributed by atoms with E-state index < -0.39 is 44.4 Å². The number of aliphatic hydroxyl groups excluding tert-OH is 2. The van der Waals surface area contributed by atoms with Crippen molar-refractivity contribution < 1.29 is 42.9 Å². The van der Waals surface area contributed by atoms with Crippen LogP contribution >= 0.6 is 7.82 Å². The Labute approximate surface area is 320 Å². The molecule has 1 saturated heterocycles. The highest BCUT2D eigenvalue weighted by molar-refractivity contribution is 7.47. The average molecular weight is 775 g/mol. The Bertz CT molecular complexity index is 1560. The Morgan fingerprint density at radius 1 is 0.926 bits per heavy atom. The van der Waals surface area contributed by atoms with Crippen molar-refractivity contribution in [3.05, 3.63) is 72.2 Å². The molecule has 13 nitrogen and oxygen atoms in total. The highest BCUT2D eigenvalue weighted by Gasteiger charge is 2.54. The lowest BCUT2D eigenvalue weighted by atomic mass is 9.93. The van der Waals surface area contributed by atoms with Crippen LogP contribution in [0.25, 0.3) is 5.52 Å². The fraction of sp³-hybridized carbons (Fsp3) is 0.650. The molecule has 0 bridgehead atoms. The van der Waals surface area contributed by atoms with E-state index in [1.807, 2.05) is 30.3 Å². The molecule has 1 fully saturated rings. The third-order valence-electron chi connectivity index (χ3n) is 9.91. The van der Waals surface area contributed by atoms with Gasteiger partial charge in [-0.2, -0.15) is 5.10 Å². The van der Waals surface area contributed by atoms with Crippen molar-refractivity contribution in [2.24, 2.45) is 0 Å². The molecule has 0 aliphatic carbocycles. The first-order valence-corrected chi connectivity index (χ1v) is 21.3. The minimum atomic E-state index is -4.62. The first-order chi connectivity index (χ1) is 26.1. The summed E-state index contributed by atoms with van der Waals surface area (Å²) < 4.78 is 43.0. The Morgan fingerprint density at radius 2 is 1.59 bits per heavy atom. The Kier molecular flexibility index (Phi) is 19.1. The van der Waals surface area contributed by atoms with E-state index in [1.54, 1.807) is 19.1 Å². The molecule has 54 heavy (non-hydrogen) atoms. The van der Waals surface area contributed by atoms with Gasteiger partial charge in [-0.3, -0.25) is 9.05 Å². The van der Waals surface area contributed by atoms with E-state index in [4.69, 9.17) is 29.0 Å². The first kappa shape index (κ1) is 44.0. The van der Waals surface area contributed by atoms with Crippen LogP contribution in [0, 0.1) is 0 Å². The number of nitrogens with two attached hydrogens (primary N) is 1. The molecule has 302 valence electrons. The van der Waals surface area contributed by atoms with Crippen LogP contribution in [0.5, 0.6) is 0 Å². The van der Waals surface area contributed by atoms with Crippen molar-refractivity contribution in [3.8, 4) is 0 Å². The number of anilines is 1. The van der Waals surface area contributed by atoms with Gasteiger partial charge in [-0.05, 0) is 56.7 Å². The second-order valence-corrected chi connectivity index (χ2v) is 15.8. The van der Waals surface area contributed by atoms with E-state index in [9.17, 15) is 19.7 Å². The van der Waals surface area contributed by atoms with Gasteiger partial charge < -0.3 is 35.1 Å². The van der Waals surface area contributed by atoms with E-state index >= 15 is 0 Å². The van der Waals surface area contributed by atoms with E-state index in [0.29, 0.717) is 17.8 Å². The summed E-state index contributed by atoms with van der Waals surface area (Å²) in [5.41, 5.74) is 6.38. The molecular formula is C40H63N4O9P. The second kappa shape index (κ2) is 23.4. The molecule has 6 atom stereocenters. The number of rotatable bonds is 28. The van der Waals surface area contributed by atoms with Crippen molar-refractivity contribution in [2.45, 2.75) is 140 Å². The predicted molar refractivity (Wildman–Crippen MR) is 209 cm³/mol. The predicted octanol–water partition coefficient (Wildman–Crippen LogP) is 7.42. The number of phosphoric acid groups is 1. The number of phosphoric ester groups is 1. The highest BCUT2D eigenvalue weighted by atomic mass is 31.2. The number of hydrogen-bond donors (Lipinski definition) is 4. The van der Waals surface area contributed by atoms with Crippen LogP contribution in [0.15, 0.2) is 60.9 Å². The van der Waals surface area contributed by atoms with Crippen molar-refractivity contribution in [3.63, 3.8) is 0 Å². The largest absolute Gasteiger partial charge is 0.472 e. The average Bonchev–Trinajstić information content (AvgIpc) is 3.71. The van der Waals surface area contributed by atoms with Crippen LogP contribution in [-0.2, 0) is 40.0 Å². The van der Waals surface area contributed by atoms with Gasteiger partial charge in [0.2, 0.25) is 0 Å². The second-order valence-electron chi connectivity index (χ2n) is 14.4. The van der Waals surface area contributed by atoms with Gasteiger partial charge in [0.25, 0.3) is 0 Å². The van der Waals surface area contributed by atoms with Gasteiger partial charge in [0.1, 0.15) is 41.9 Å². The molecule has 1 aliphatic rings. The maximum Gasteiger partial charge on any atom is 0.472 e. The lowest BCUT2D eigenvalue weighted by molar-refractivity contribution is -0.0901. The zero-order valence-corrected chi connectivity index (χ0v) is 33.1. The van der Waals surface area contributed by atoms with E-state index in [2.05, 4.69) is 29.2 Å². The lowest BCUT2D eigenvalue weighted by Crippen LogP contribution is -2.39. The minimum Gasteiger partial charge on any atom is -0.387 e. The molecule has 14 heteroatoms. The zero-order valence-electron chi connectivity index (χ0n) is 32.2. The topological polar surface area (TPSA) is 180 Å². The van der Waals surface area contributed by atoms with Crippen molar-refractivity contribution in [1.29, 1.82) is 0 Å². The number of aliphatic hydroxyl groups is 2. The molecule has 0 spiro atoms. The van der Waals surface area contributed by atoms with Gasteiger partial charge in [-0.1, -0.05) is 107 Å². The Hall–Kier alpha value is -2.71. The summed E-state index contributed by atoms with van der Waals surface area (Å²) >= 11 is 0. The highest BCUT2D eigenvalue weighted by Crippen LogP contribution is 2.46. The van der Waals surface area contributed by atoms with Gasteiger partial charge in [-0.25, -0.2) is 14.1 Å². The number of ether oxygens (including phenoxy) is 3. The van der Waals surface area contributed by atoms with Crippen LogP contribution < -0.4 is 5.73 Å². The van der Waals surface area contributed by atoms with Gasteiger partial charge in [-0.15, -0.1) is 0 Å². The molecule has 4 rings (SSSR count). The fourth-order valence-corrected chi connectivity index (χ4v) is 7.40. The van der Waals surface area contributed by atoms with Crippen molar-refractivity contribution >= 4 is 19.2 Å². The van der Waals surface area contributed by atoms with Crippen LogP contribution in [-0.4, -0.2) is 80.5 Å². The maximum atomic E-state index is 13.0. The van der Waals surface area contributed by atoms with Crippen LogP contribution in [0.2, 0.25) is 0 Å². The summed E-state index contributed by atoms with van der Waals surface area (Å²) in [7, 11) is -4.62. The van der Waals surface area contributed by atoms with Gasteiger partial charge >= 0.3 is 7.82 Å². The lowest BCUT2D eigenvalue weighted by Gasteiger charge is -2.27. The Balaban J connectivity index is 1.14.